The molecule has 1 aliphatic rings. The Balaban J connectivity index is 1.98. The van der Waals surface area contributed by atoms with Crippen LogP contribution in [0.15, 0.2) is 22.7 Å². The Hall–Kier alpha value is -0.740. The number of hydrogen-bond acceptors (Lipinski definition) is 3. The summed E-state index contributed by atoms with van der Waals surface area (Å²) in [5.41, 5.74) is 1.12. The molecule has 1 aliphatic heterocycles. The maximum atomic E-state index is 5.32. The topological polar surface area (TPSA) is 24.5 Å². The second-order valence-electron chi connectivity index (χ2n) is 5.98. The fourth-order valence-corrected chi connectivity index (χ4v) is 3.48. The van der Waals surface area contributed by atoms with Crippen LogP contribution >= 0.6 is 15.9 Å². The molecule has 1 heterocycles. The Morgan fingerprint density at radius 3 is 3.00 bits per heavy atom. The van der Waals surface area contributed by atoms with Crippen LogP contribution < -0.4 is 10.1 Å². The average molecular weight is 355 g/mol. The van der Waals surface area contributed by atoms with E-state index in [0.717, 1.165) is 15.9 Å². The number of hydrogen-bond donors (Lipinski definition) is 1. The van der Waals surface area contributed by atoms with Crippen LogP contribution in [0.4, 0.5) is 5.69 Å². The van der Waals surface area contributed by atoms with Crippen molar-refractivity contribution in [1.82, 2.24) is 4.90 Å². The van der Waals surface area contributed by atoms with E-state index in [2.05, 4.69) is 46.1 Å². The maximum Gasteiger partial charge on any atom is 0.121 e. The molecule has 1 N–H and O–H groups in total. The molecule has 2 atom stereocenters. The van der Waals surface area contributed by atoms with Gasteiger partial charge in [0.05, 0.1) is 12.8 Å². The van der Waals surface area contributed by atoms with Gasteiger partial charge in [0.2, 0.25) is 0 Å². The van der Waals surface area contributed by atoms with Gasteiger partial charge in [-0.3, -0.25) is 0 Å². The van der Waals surface area contributed by atoms with Gasteiger partial charge < -0.3 is 15.0 Å². The van der Waals surface area contributed by atoms with Gasteiger partial charge in [-0.25, -0.2) is 0 Å². The minimum atomic E-state index is 0.466. The van der Waals surface area contributed by atoms with Gasteiger partial charge in [-0.05, 0) is 73.3 Å². The van der Waals surface area contributed by atoms with E-state index in [1.165, 1.54) is 38.9 Å². The van der Waals surface area contributed by atoms with Crippen molar-refractivity contribution in [1.29, 1.82) is 0 Å². The number of ether oxygens (including phenoxy) is 1. The predicted molar refractivity (Wildman–Crippen MR) is 93.2 cm³/mol. The van der Waals surface area contributed by atoms with E-state index in [1.807, 2.05) is 12.1 Å². The van der Waals surface area contributed by atoms with Crippen molar-refractivity contribution in [2.75, 3.05) is 32.1 Å². The summed E-state index contributed by atoms with van der Waals surface area (Å²) in [6.07, 6.45) is 3.88. The summed E-state index contributed by atoms with van der Waals surface area (Å²) in [6, 6.07) is 6.54. The number of benzene rings is 1. The lowest BCUT2D eigenvalue weighted by Crippen LogP contribution is -2.42. The van der Waals surface area contributed by atoms with Crippen molar-refractivity contribution in [3.63, 3.8) is 0 Å². The van der Waals surface area contributed by atoms with Gasteiger partial charge in [-0.15, -0.1) is 0 Å². The number of piperidine rings is 1. The highest BCUT2D eigenvalue weighted by Crippen LogP contribution is 2.30. The second kappa shape index (κ2) is 8.04. The minimum absolute atomic E-state index is 0.466. The number of likely N-dealkylation sites (tertiary alicyclic amines) is 1. The zero-order chi connectivity index (χ0) is 15.2. The third-order valence-electron chi connectivity index (χ3n) is 4.35. The van der Waals surface area contributed by atoms with Crippen molar-refractivity contribution < 1.29 is 4.74 Å². The second-order valence-corrected chi connectivity index (χ2v) is 6.84. The van der Waals surface area contributed by atoms with E-state index >= 15 is 0 Å². The van der Waals surface area contributed by atoms with E-state index < -0.39 is 0 Å². The number of methoxy groups -OCH3 is 1. The van der Waals surface area contributed by atoms with Crippen LogP contribution in [-0.4, -0.2) is 37.7 Å². The fraction of sp³-hybridized carbons (Fsp3) is 0.647. The minimum Gasteiger partial charge on any atom is -0.497 e. The zero-order valence-corrected chi connectivity index (χ0v) is 14.9. The summed E-state index contributed by atoms with van der Waals surface area (Å²) in [7, 11) is 1.71. The maximum absolute atomic E-state index is 5.32. The highest BCUT2D eigenvalue weighted by Gasteiger charge is 2.24. The first-order valence-electron chi connectivity index (χ1n) is 7.96. The highest BCUT2D eigenvalue weighted by molar-refractivity contribution is 9.10. The lowest BCUT2D eigenvalue weighted by atomic mass is 9.91. The first-order chi connectivity index (χ1) is 10.1. The quantitative estimate of drug-likeness (QED) is 0.820. The van der Waals surface area contributed by atoms with Crippen LogP contribution in [0, 0.1) is 5.92 Å². The molecular formula is C17H27BrN2O. The van der Waals surface area contributed by atoms with E-state index in [0.29, 0.717) is 12.0 Å². The summed E-state index contributed by atoms with van der Waals surface area (Å²) in [5, 5.41) is 3.66. The first-order valence-corrected chi connectivity index (χ1v) is 8.75. The standard InChI is InChI=1S/C17H27BrN2O/c1-4-9-20-10-5-6-14(12-20)13(2)19-17-11-15(21-3)7-8-16(17)18/h7-8,11,13-14,19H,4-6,9-10,12H2,1-3H3. The normalized spacial score (nSPS) is 21.0. The molecule has 0 aliphatic carbocycles. The molecule has 0 saturated carbocycles. The molecule has 1 aromatic rings. The fourth-order valence-electron chi connectivity index (χ4n) is 3.12. The van der Waals surface area contributed by atoms with Crippen LogP contribution in [0.1, 0.15) is 33.1 Å². The number of nitrogens with one attached hydrogen (secondary N) is 1. The van der Waals surface area contributed by atoms with E-state index in [9.17, 15) is 0 Å². The number of nitrogens with zero attached hydrogens (tertiary/aromatic N) is 1. The largest absolute Gasteiger partial charge is 0.497 e. The van der Waals surface area contributed by atoms with Gasteiger partial charge in [-0.2, -0.15) is 0 Å². The molecule has 3 nitrogen and oxygen atoms in total. The van der Waals surface area contributed by atoms with Gasteiger partial charge in [0, 0.05) is 23.1 Å². The van der Waals surface area contributed by atoms with Crippen LogP contribution in [-0.2, 0) is 0 Å². The number of anilines is 1. The van der Waals surface area contributed by atoms with Crippen molar-refractivity contribution >= 4 is 21.6 Å². The average Bonchev–Trinajstić information content (AvgIpc) is 2.50. The summed E-state index contributed by atoms with van der Waals surface area (Å²) in [6.45, 7) is 8.26. The van der Waals surface area contributed by atoms with Crippen LogP contribution in [0.5, 0.6) is 5.75 Å². The molecule has 0 aromatic heterocycles. The molecule has 0 amide bonds. The third kappa shape index (κ3) is 4.62. The number of rotatable bonds is 6. The van der Waals surface area contributed by atoms with Crippen molar-refractivity contribution in [2.24, 2.45) is 5.92 Å². The SMILES string of the molecule is CCCN1CCCC(C(C)Nc2cc(OC)ccc2Br)C1. The lowest BCUT2D eigenvalue weighted by Gasteiger charge is -2.36. The van der Waals surface area contributed by atoms with Crippen molar-refractivity contribution in [3.05, 3.63) is 22.7 Å². The molecule has 1 saturated heterocycles. The van der Waals surface area contributed by atoms with Crippen LogP contribution in [0.3, 0.4) is 0 Å². The Morgan fingerprint density at radius 1 is 1.48 bits per heavy atom. The summed E-state index contributed by atoms with van der Waals surface area (Å²) >= 11 is 3.62. The highest BCUT2D eigenvalue weighted by atomic mass is 79.9. The predicted octanol–water partition coefficient (Wildman–Crippen LogP) is 4.38. The lowest BCUT2D eigenvalue weighted by molar-refractivity contribution is 0.165. The molecule has 0 bridgehead atoms. The van der Waals surface area contributed by atoms with Crippen molar-refractivity contribution in [2.45, 2.75) is 39.2 Å². The summed E-state index contributed by atoms with van der Waals surface area (Å²) in [4.78, 5) is 2.60. The summed E-state index contributed by atoms with van der Waals surface area (Å²) in [5.74, 6) is 1.60. The molecule has 21 heavy (non-hydrogen) atoms. The number of halogens is 1. The Kier molecular flexibility index (Phi) is 6.37. The monoisotopic (exact) mass is 354 g/mol. The molecule has 1 fully saturated rings. The third-order valence-corrected chi connectivity index (χ3v) is 5.04. The van der Waals surface area contributed by atoms with Gasteiger partial charge in [-0.1, -0.05) is 6.92 Å². The molecule has 1 aromatic carbocycles. The zero-order valence-electron chi connectivity index (χ0n) is 13.4. The molecule has 0 spiro atoms. The Morgan fingerprint density at radius 2 is 2.29 bits per heavy atom. The Labute approximate surface area is 137 Å². The molecule has 0 radical (unpaired) electrons. The van der Waals surface area contributed by atoms with Crippen LogP contribution in [0.25, 0.3) is 0 Å². The van der Waals surface area contributed by atoms with E-state index in [1.54, 1.807) is 7.11 Å². The van der Waals surface area contributed by atoms with Gasteiger partial charge in [0.25, 0.3) is 0 Å². The van der Waals surface area contributed by atoms with E-state index in [4.69, 9.17) is 4.74 Å². The smallest absolute Gasteiger partial charge is 0.121 e. The van der Waals surface area contributed by atoms with Gasteiger partial charge in [0.15, 0.2) is 0 Å². The molecule has 2 unspecified atom stereocenters. The molecule has 118 valence electrons. The molecular weight excluding hydrogens is 328 g/mol. The molecule has 4 heteroatoms. The van der Waals surface area contributed by atoms with Crippen LogP contribution in [0.2, 0.25) is 0 Å². The van der Waals surface area contributed by atoms with Gasteiger partial charge in [0.1, 0.15) is 5.75 Å². The van der Waals surface area contributed by atoms with Crippen molar-refractivity contribution in [3.8, 4) is 5.75 Å². The van der Waals surface area contributed by atoms with Gasteiger partial charge >= 0.3 is 0 Å². The van der Waals surface area contributed by atoms with E-state index in [-0.39, 0.29) is 0 Å². The molecule has 2 rings (SSSR count). The summed E-state index contributed by atoms with van der Waals surface area (Å²) < 4.78 is 6.41. The Bertz CT molecular complexity index is 450. The first kappa shape index (κ1) is 16.6.